The van der Waals surface area contributed by atoms with E-state index in [-0.39, 0.29) is 18.0 Å². The molecule has 0 bridgehead atoms. The summed E-state index contributed by atoms with van der Waals surface area (Å²) in [4.78, 5) is 21.9. The van der Waals surface area contributed by atoms with Crippen LogP contribution < -0.4 is 10.6 Å². The largest absolute Gasteiger partial charge is 0.379 e. The number of amides is 1. The molecule has 1 amide bonds. The van der Waals surface area contributed by atoms with Crippen molar-refractivity contribution in [2.75, 3.05) is 17.2 Å². The van der Waals surface area contributed by atoms with Gasteiger partial charge in [0, 0.05) is 24.7 Å². The van der Waals surface area contributed by atoms with Gasteiger partial charge in [-0.3, -0.25) is 14.9 Å². The van der Waals surface area contributed by atoms with Gasteiger partial charge >= 0.3 is 0 Å². The van der Waals surface area contributed by atoms with Gasteiger partial charge in [-0.1, -0.05) is 0 Å². The highest BCUT2D eigenvalue weighted by atomic mass is 16.6. The van der Waals surface area contributed by atoms with Crippen LogP contribution in [0.2, 0.25) is 0 Å². The Balaban J connectivity index is 2.11. The number of nitro benzene ring substituents is 1. The summed E-state index contributed by atoms with van der Waals surface area (Å²) >= 11 is 0. The molecular weight excluding hydrogens is 258 g/mol. The lowest BCUT2D eigenvalue weighted by Gasteiger charge is -2.08. The van der Waals surface area contributed by atoms with Crippen LogP contribution in [-0.4, -0.2) is 17.4 Å². The number of nitrogens with one attached hydrogen (secondary N) is 2. The number of carbonyl (C=O) groups excluding carboxylic acids is 1. The molecule has 1 heterocycles. The summed E-state index contributed by atoms with van der Waals surface area (Å²) in [6.45, 7) is 0.606. The molecule has 2 rings (SSSR count). The zero-order chi connectivity index (χ0) is 14.5. The topological polar surface area (TPSA) is 84.3 Å². The van der Waals surface area contributed by atoms with Crippen molar-refractivity contribution in [3.63, 3.8) is 0 Å². The highest BCUT2D eigenvalue weighted by molar-refractivity contribution is 6.00. The molecule has 1 aromatic rings. The summed E-state index contributed by atoms with van der Waals surface area (Å²) < 4.78 is 0. The second kappa shape index (κ2) is 6.06. The maximum Gasteiger partial charge on any atom is 0.292 e. The summed E-state index contributed by atoms with van der Waals surface area (Å²) in [6, 6.07) is 3.08. The number of nitro groups is 1. The monoisotopic (exact) mass is 273 g/mol. The highest BCUT2D eigenvalue weighted by Gasteiger charge is 2.24. The average molecular weight is 273 g/mol. The Labute approximate surface area is 116 Å². The number of terminal acetylenes is 1. The molecule has 0 saturated carbocycles. The molecule has 0 unspecified atom stereocenters. The van der Waals surface area contributed by atoms with Crippen LogP contribution in [0.3, 0.4) is 0 Å². The lowest BCUT2D eigenvalue weighted by Crippen LogP contribution is -2.05. The lowest BCUT2D eigenvalue weighted by atomic mass is 10.1. The third-order valence-corrected chi connectivity index (χ3v) is 3.11. The van der Waals surface area contributed by atoms with Crippen LogP contribution >= 0.6 is 0 Å². The third kappa shape index (κ3) is 3.06. The van der Waals surface area contributed by atoms with Gasteiger partial charge < -0.3 is 10.6 Å². The molecule has 6 nitrogen and oxygen atoms in total. The van der Waals surface area contributed by atoms with Gasteiger partial charge in [-0.15, -0.1) is 12.3 Å². The molecule has 0 saturated heterocycles. The Morgan fingerprint density at radius 3 is 2.95 bits per heavy atom. The summed E-state index contributed by atoms with van der Waals surface area (Å²) in [6.07, 6.45) is 7.76. The Bertz CT molecular complexity index is 590. The molecule has 104 valence electrons. The number of carbonyl (C=O) groups is 1. The van der Waals surface area contributed by atoms with Crippen LogP contribution in [0.25, 0.3) is 0 Å². The standard InChI is InChI=1S/C14H15N3O3/c1-2-3-4-5-6-15-12-9-11-10(8-14(18)16-11)7-13(12)17(19)20/h1,7,9,15H,3-6,8H2,(H,16,18). The zero-order valence-corrected chi connectivity index (χ0v) is 10.9. The van der Waals surface area contributed by atoms with Crippen molar-refractivity contribution < 1.29 is 9.72 Å². The Hall–Kier alpha value is -2.55. The number of nitrogens with zero attached hydrogens (tertiary/aromatic N) is 1. The van der Waals surface area contributed by atoms with Crippen molar-refractivity contribution in [3.05, 3.63) is 27.8 Å². The van der Waals surface area contributed by atoms with E-state index in [0.29, 0.717) is 29.9 Å². The Morgan fingerprint density at radius 2 is 2.25 bits per heavy atom. The van der Waals surface area contributed by atoms with Crippen molar-refractivity contribution in [2.24, 2.45) is 0 Å². The number of rotatable bonds is 6. The number of benzene rings is 1. The minimum Gasteiger partial charge on any atom is -0.379 e. The Morgan fingerprint density at radius 1 is 1.45 bits per heavy atom. The number of hydrogen-bond acceptors (Lipinski definition) is 4. The molecule has 0 spiro atoms. The average Bonchev–Trinajstić information content (AvgIpc) is 2.76. The van der Waals surface area contributed by atoms with Crippen molar-refractivity contribution in [1.29, 1.82) is 0 Å². The van der Waals surface area contributed by atoms with Gasteiger partial charge in [0.05, 0.1) is 11.3 Å². The predicted molar refractivity (Wildman–Crippen MR) is 76.6 cm³/mol. The first-order chi connectivity index (χ1) is 9.61. The van der Waals surface area contributed by atoms with E-state index in [0.717, 1.165) is 12.8 Å². The van der Waals surface area contributed by atoms with Crippen LogP contribution in [-0.2, 0) is 11.2 Å². The minimum atomic E-state index is -0.438. The first-order valence-corrected chi connectivity index (χ1v) is 6.40. The smallest absolute Gasteiger partial charge is 0.292 e. The van der Waals surface area contributed by atoms with Crippen molar-refractivity contribution in [1.82, 2.24) is 0 Å². The molecule has 2 N–H and O–H groups in total. The van der Waals surface area contributed by atoms with E-state index < -0.39 is 4.92 Å². The maximum atomic E-state index is 11.3. The Kier molecular flexibility index (Phi) is 4.20. The van der Waals surface area contributed by atoms with Gasteiger partial charge in [-0.25, -0.2) is 0 Å². The maximum absolute atomic E-state index is 11.3. The van der Waals surface area contributed by atoms with Gasteiger partial charge in [0.15, 0.2) is 0 Å². The van der Waals surface area contributed by atoms with Gasteiger partial charge in [0.1, 0.15) is 5.69 Å². The van der Waals surface area contributed by atoms with Gasteiger partial charge in [0.2, 0.25) is 5.91 Å². The molecule has 0 aliphatic carbocycles. The highest BCUT2D eigenvalue weighted by Crippen LogP contribution is 2.34. The van der Waals surface area contributed by atoms with Gasteiger partial charge in [0.25, 0.3) is 5.69 Å². The summed E-state index contributed by atoms with van der Waals surface area (Å²) in [7, 11) is 0. The normalized spacial score (nSPS) is 12.4. The van der Waals surface area contributed by atoms with Crippen LogP contribution in [0, 0.1) is 22.5 Å². The molecule has 0 fully saturated rings. The van der Waals surface area contributed by atoms with Crippen molar-refractivity contribution >= 4 is 23.0 Å². The van der Waals surface area contributed by atoms with E-state index in [4.69, 9.17) is 6.42 Å². The molecule has 0 radical (unpaired) electrons. The third-order valence-electron chi connectivity index (χ3n) is 3.11. The van der Waals surface area contributed by atoms with E-state index in [1.807, 2.05) is 0 Å². The van der Waals surface area contributed by atoms with Crippen LogP contribution in [0.4, 0.5) is 17.1 Å². The van der Waals surface area contributed by atoms with E-state index in [2.05, 4.69) is 16.6 Å². The number of hydrogen-bond donors (Lipinski definition) is 2. The second-order valence-corrected chi connectivity index (χ2v) is 4.60. The molecular formula is C14H15N3O3. The van der Waals surface area contributed by atoms with Crippen LogP contribution in [0.5, 0.6) is 0 Å². The fourth-order valence-corrected chi connectivity index (χ4v) is 2.13. The van der Waals surface area contributed by atoms with Crippen LogP contribution in [0.15, 0.2) is 12.1 Å². The number of anilines is 2. The first-order valence-electron chi connectivity index (χ1n) is 6.40. The van der Waals surface area contributed by atoms with Crippen LogP contribution in [0.1, 0.15) is 24.8 Å². The molecule has 6 heteroatoms. The molecule has 0 atom stereocenters. The quantitative estimate of drug-likeness (QED) is 0.360. The van der Waals surface area contributed by atoms with Crippen molar-refractivity contribution in [3.8, 4) is 12.3 Å². The van der Waals surface area contributed by atoms with Gasteiger partial charge in [-0.05, 0) is 24.5 Å². The molecule has 0 aromatic heterocycles. The molecule has 1 aromatic carbocycles. The predicted octanol–water partition coefficient (Wildman–Crippen LogP) is 2.30. The minimum absolute atomic E-state index is 0.00259. The molecule has 1 aliphatic rings. The number of fused-ring (bicyclic) bond motifs is 1. The summed E-state index contributed by atoms with van der Waals surface area (Å²) in [5, 5.41) is 16.8. The van der Waals surface area contributed by atoms with E-state index >= 15 is 0 Å². The summed E-state index contributed by atoms with van der Waals surface area (Å²) in [5.41, 5.74) is 1.74. The van der Waals surface area contributed by atoms with E-state index in [1.54, 1.807) is 6.07 Å². The number of unbranched alkanes of at least 4 members (excludes halogenated alkanes) is 2. The van der Waals surface area contributed by atoms with Crippen molar-refractivity contribution in [2.45, 2.75) is 25.7 Å². The van der Waals surface area contributed by atoms with Gasteiger partial charge in [-0.2, -0.15) is 0 Å². The lowest BCUT2D eigenvalue weighted by molar-refractivity contribution is -0.384. The summed E-state index contributed by atoms with van der Waals surface area (Å²) in [5.74, 6) is 2.41. The fourth-order valence-electron chi connectivity index (χ4n) is 2.13. The molecule has 20 heavy (non-hydrogen) atoms. The fraction of sp³-hybridized carbons (Fsp3) is 0.357. The van der Waals surface area contributed by atoms with E-state index in [9.17, 15) is 14.9 Å². The second-order valence-electron chi connectivity index (χ2n) is 4.60. The van der Waals surface area contributed by atoms with E-state index in [1.165, 1.54) is 6.07 Å². The zero-order valence-electron chi connectivity index (χ0n) is 10.9. The molecule has 1 aliphatic heterocycles. The first kappa shape index (κ1) is 13.9. The SMILES string of the molecule is C#CCCCCNc1cc2c(cc1[N+](=O)[O-])CC(=O)N2.